The second-order valence-electron chi connectivity index (χ2n) is 8.51. The van der Waals surface area contributed by atoms with E-state index in [-0.39, 0.29) is 23.0 Å². The maximum absolute atomic E-state index is 12.6. The van der Waals surface area contributed by atoms with Crippen LogP contribution in [0.4, 0.5) is 5.69 Å². The summed E-state index contributed by atoms with van der Waals surface area (Å²) in [6.45, 7) is 5.03. The first kappa shape index (κ1) is 23.1. The number of imidazole rings is 1. The number of benzene rings is 1. The third kappa shape index (κ3) is 5.17. The van der Waals surface area contributed by atoms with Gasteiger partial charge in [-0.25, -0.2) is 18.1 Å². The summed E-state index contributed by atoms with van der Waals surface area (Å²) >= 11 is 12.0. The van der Waals surface area contributed by atoms with Crippen LogP contribution in [-0.2, 0) is 14.8 Å². The molecule has 164 valence electrons. The van der Waals surface area contributed by atoms with Crippen molar-refractivity contribution in [2.75, 3.05) is 5.32 Å². The maximum atomic E-state index is 12.6. The molecule has 1 amide bonds. The predicted octanol–water partition coefficient (Wildman–Crippen LogP) is 4.39. The molecule has 1 aromatic heterocycles. The zero-order chi connectivity index (χ0) is 22.1. The van der Waals surface area contributed by atoms with Gasteiger partial charge in [-0.3, -0.25) is 9.36 Å². The number of halogens is 2. The van der Waals surface area contributed by atoms with Gasteiger partial charge in [0.05, 0.1) is 4.75 Å². The molecule has 0 atom stereocenters. The highest BCUT2D eigenvalue weighted by molar-refractivity contribution is 7.90. The molecular weight excluding hydrogens is 447 g/mol. The number of anilines is 1. The summed E-state index contributed by atoms with van der Waals surface area (Å²) in [6.07, 6.45) is 4.11. The fourth-order valence-corrected chi connectivity index (χ4v) is 4.66. The lowest BCUT2D eigenvalue weighted by Crippen LogP contribution is -2.46. The van der Waals surface area contributed by atoms with Crippen LogP contribution in [0.1, 0.15) is 46.5 Å². The number of aromatic nitrogens is 2. The van der Waals surface area contributed by atoms with Gasteiger partial charge in [0, 0.05) is 23.3 Å². The highest BCUT2D eigenvalue weighted by atomic mass is 35.5. The quantitative estimate of drug-likeness (QED) is 0.674. The largest absolute Gasteiger partial charge is 0.326 e. The highest BCUT2D eigenvalue weighted by Crippen LogP contribution is 2.28. The minimum absolute atomic E-state index is 0.0522. The molecule has 10 heteroatoms. The highest BCUT2D eigenvalue weighted by Gasteiger charge is 2.34. The van der Waals surface area contributed by atoms with Crippen LogP contribution in [0.25, 0.3) is 5.69 Å². The Balaban J connectivity index is 1.54. The molecule has 1 aromatic carbocycles. The van der Waals surface area contributed by atoms with Crippen molar-refractivity contribution in [3.05, 3.63) is 40.9 Å². The number of carbonyl (C=O) groups is 1. The minimum atomic E-state index is -3.39. The monoisotopic (exact) mass is 472 g/mol. The SMILES string of the molecule is CC(C)(C)S(=O)(=O)NC1CCC(C(=O)Nc2ccc(-n3cnc(Cl)c3Cl)cc2)CC1. The zero-order valence-corrected chi connectivity index (χ0v) is 19.5. The average molecular weight is 473 g/mol. The van der Waals surface area contributed by atoms with Crippen LogP contribution in [0.2, 0.25) is 10.3 Å². The van der Waals surface area contributed by atoms with Gasteiger partial charge < -0.3 is 5.32 Å². The number of nitrogens with zero attached hydrogens (tertiary/aromatic N) is 2. The topological polar surface area (TPSA) is 93.1 Å². The van der Waals surface area contributed by atoms with Crippen LogP contribution < -0.4 is 10.0 Å². The van der Waals surface area contributed by atoms with Gasteiger partial charge in [0.1, 0.15) is 6.33 Å². The van der Waals surface area contributed by atoms with Gasteiger partial charge in [0.15, 0.2) is 10.3 Å². The van der Waals surface area contributed by atoms with Crippen molar-refractivity contribution in [2.45, 2.75) is 57.2 Å². The Hall–Kier alpha value is -1.61. The molecule has 2 N–H and O–H groups in total. The molecule has 0 radical (unpaired) electrons. The van der Waals surface area contributed by atoms with Crippen LogP contribution in [0.5, 0.6) is 0 Å². The summed E-state index contributed by atoms with van der Waals surface area (Å²) in [5.74, 6) is -0.189. The number of sulfonamides is 1. The van der Waals surface area contributed by atoms with E-state index in [1.54, 1.807) is 37.5 Å². The van der Waals surface area contributed by atoms with Gasteiger partial charge >= 0.3 is 0 Å². The summed E-state index contributed by atoms with van der Waals surface area (Å²) in [6, 6.07) is 7.10. The lowest BCUT2D eigenvalue weighted by Gasteiger charge is -2.30. The van der Waals surface area contributed by atoms with E-state index in [1.807, 2.05) is 12.1 Å². The normalized spacial score (nSPS) is 20.2. The minimum Gasteiger partial charge on any atom is -0.326 e. The Kier molecular flexibility index (Phi) is 6.81. The number of rotatable bonds is 5. The Morgan fingerprint density at radius 2 is 1.70 bits per heavy atom. The smallest absolute Gasteiger partial charge is 0.227 e. The van der Waals surface area contributed by atoms with E-state index in [2.05, 4.69) is 15.0 Å². The summed E-state index contributed by atoms with van der Waals surface area (Å²) in [5.41, 5.74) is 1.46. The van der Waals surface area contributed by atoms with Gasteiger partial charge in [0.2, 0.25) is 15.9 Å². The van der Waals surface area contributed by atoms with Crippen LogP contribution in [0.15, 0.2) is 30.6 Å². The predicted molar refractivity (Wildman–Crippen MR) is 120 cm³/mol. The lowest BCUT2D eigenvalue weighted by molar-refractivity contribution is -0.120. The first-order valence-corrected chi connectivity index (χ1v) is 12.0. The number of hydrogen-bond acceptors (Lipinski definition) is 4. The number of nitrogens with one attached hydrogen (secondary N) is 2. The molecule has 1 aliphatic rings. The van der Waals surface area contributed by atoms with Crippen LogP contribution in [0.3, 0.4) is 0 Å². The molecule has 0 bridgehead atoms. The van der Waals surface area contributed by atoms with Crippen molar-refractivity contribution in [2.24, 2.45) is 5.92 Å². The third-order valence-electron chi connectivity index (χ3n) is 5.31. The van der Waals surface area contributed by atoms with Crippen LogP contribution in [-0.4, -0.2) is 34.7 Å². The maximum Gasteiger partial charge on any atom is 0.227 e. The van der Waals surface area contributed by atoms with Crippen LogP contribution in [0, 0.1) is 5.92 Å². The molecule has 1 heterocycles. The van der Waals surface area contributed by atoms with Gasteiger partial charge in [-0.05, 0) is 70.7 Å². The van der Waals surface area contributed by atoms with Crippen molar-refractivity contribution in [1.29, 1.82) is 0 Å². The second kappa shape index (κ2) is 8.86. The molecule has 0 unspecified atom stereocenters. The van der Waals surface area contributed by atoms with Gasteiger partial charge in [-0.1, -0.05) is 23.2 Å². The Morgan fingerprint density at radius 3 is 2.20 bits per heavy atom. The molecule has 7 nitrogen and oxygen atoms in total. The summed E-state index contributed by atoms with van der Waals surface area (Å²) in [7, 11) is -3.39. The molecular formula is C20H26Cl2N4O3S. The van der Waals surface area contributed by atoms with Crippen LogP contribution >= 0.6 is 23.2 Å². The van der Waals surface area contributed by atoms with E-state index in [9.17, 15) is 13.2 Å². The summed E-state index contributed by atoms with van der Waals surface area (Å²) in [5, 5.41) is 3.49. The molecule has 0 aliphatic heterocycles. The third-order valence-corrected chi connectivity index (χ3v) is 8.30. The standard InChI is InChI=1S/C20H26Cl2N4O3S/c1-20(2,3)30(28,29)25-15-6-4-13(5-7-15)19(27)24-14-8-10-16(11-9-14)26-12-23-17(21)18(26)22/h8-13,15,25H,4-7H2,1-3H3,(H,24,27). The van der Waals surface area contributed by atoms with E-state index in [4.69, 9.17) is 23.2 Å². The Bertz CT molecular complexity index is 1010. The molecule has 0 spiro atoms. The summed E-state index contributed by atoms with van der Waals surface area (Å²) < 4.78 is 28.2. The first-order chi connectivity index (χ1) is 14.0. The first-order valence-electron chi connectivity index (χ1n) is 9.79. The number of hydrogen-bond donors (Lipinski definition) is 2. The molecule has 1 fully saturated rings. The Labute approximate surface area is 187 Å². The van der Waals surface area contributed by atoms with Crippen molar-refractivity contribution in [1.82, 2.24) is 14.3 Å². The van der Waals surface area contributed by atoms with Gasteiger partial charge in [-0.15, -0.1) is 0 Å². The van der Waals surface area contributed by atoms with Crippen molar-refractivity contribution in [3.8, 4) is 5.69 Å². The van der Waals surface area contributed by atoms with Gasteiger partial charge in [0.25, 0.3) is 0 Å². The van der Waals surface area contributed by atoms with Crippen molar-refractivity contribution < 1.29 is 13.2 Å². The molecule has 0 saturated heterocycles. The molecule has 3 rings (SSSR count). The molecule has 1 saturated carbocycles. The summed E-state index contributed by atoms with van der Waals surface area (Å²) in [4.78, 5) is 16.6. The molecule has 2 aromatic rings. The number of amides is 1. The molecule has 30 heavy (non-hydrogen) atoms. The lowest BCUT2D eigenvalue weighted by atomic mass is 9.86. The fraction of sp³-hybridized carbons (Fsp3) is 0.500. The number of carbonyl (C=O) groups excluding carboxylic acids is 1. The van der Waals surface area contributed by atoms with E-state index >= 15 is 0 Å². The molecule has 1 aliphatic carbocycles. The Morgan fingerprint density at radius 1 is 1.10 bits per heavy atom. The van der Waals surface area contributed by atoms with E-state index in [0.29, 0.717) is 36.5 Å². The van der Waals surface area contributed by atoms with Gasteiger partial charge in [-0.2, -0.15) is 0 Å². The zero-order valence-electron chi connectivity index (χ0n) is 17.2. The van der Waals surface area contributed by atoms with E-state index < -0.39 is 14.8 Å². The average Bonchev–Trinajstić information content (AvgIpc) is 3.00. The fourth-order valence-electron chi connectivity index (χ4n) is 3.31. The second-order valence-corrected chi connectivity index (χ2v) is 11.7. The van der Waals surface area contributed by atoms with E-state index in [1.165, 1.54) is 6.33 Å². The van der Waals surface area contributed by atoms with E-state index in [0.717, 1.165) is 5.69 Å². The van der Waals surface area contributed by atoms with Crippen molar-refractivity contribution >= 4 is 44.8 Å². The van der Waals surface area contributed by atoms with Crippen molar-refractivity contribution in [3.63, 3.8) is 0 Å².